The standard InChI is InChI=1S/C14H23N/c1-12-6-8-14(11-15,9-7-12)10-13-4-2-3-5-13/h12-13H,2-10H2,1H3. The molecule has 2 rings (SSSR count). The van der Waals surface area contributed by atoms with Gasteiger partial charge in [0.25, 0.3) is 0 Å². The average Bonchev–Trinajstić information content (AvgIpc) is 2.75. The van der Waals surface area contributed by atoms with Crippen LogP contribution in [0.3, 0.4) is 0 Å². The van der Waals surface area contributed by atoms with Crippen LogP contribution >= 0.6 is 0 Å². The molecule has 0 amide bonds. The second-order valence-electron chi connectivity index (χ2n) is 5.93. The number of hydrogen-bond acceptors (Lipinski definition) is 1. The summed E-state index contributed by atoms with van der Waals surface area (Å²) in [6.07, 6.45) is 11.7. The van der Waals surface area contributed by atoms with Gasteiger partial charge in [-0.1, -0.05) is 32.6 Å². The van der Waals surface area contributed by atoms with Crippen LogP contribution in [0.25, 0.3) is 0 Å². The monoisotopic (exact) mass is 205 g/mol. The summed E-state index contributed by atoms with van der Waals surface area (Å²) in [5, 5.41) is 9.44. The van der Waals surface area contributed by atoms with Gasteiger partial charge in [-0.2, -0.15) is 5.26 Å². The molecule has 2 aliphatic carbocycles. The van der Waals surface area contributed by atoms with Crippen LogP contribution in [0.4, 0.5) is 0 Å². The first-order chi connectivity index (χ1) is 7.24. The summed E-state index contributed by atoms with van der Waals surface area (Å²) < 4.78 is 0. The van der Waals surface area contributed by atoms with E-state index in [-0.39, 0.29) is 5.41 Å². The topological polar surface area (TPSA) is 23.8 Å². The van der Waals surface area contributed by atoms with Crippen LogP contribution in [0.15, 0.2) is 0 Å². The molecule has 0 aliphatic heterocycles. The molecule has 2 fully saturated rings. The molecule has 15 heavy (non-hydrogen) atoms. The molecule has 84 valence electrons. The molecule has 0 spiro atoms. The molecule has 0 N–H and O–H groups in total. The Morgan fingerprint density at radius 2 is 1.73 bits per heavy atom. The molecule has 1 nitrogen and oxygen atoms in total. The van der Waals surface area contributed by atoms with Gasteiger partial charge in [-0.05, 0) is 43.9 Å². The number of hydrogen-bond donors (Lipinski definition) is 0. The fourth-order valence-electron chi connectivity index (χ4n) is 3.44. The molecule has 0 aromatic heterocycles. The largest absolute Gasteiger partial charge is 0.198 e. The van der Waals surface area contributed by atoms with Gasteiger partial charge in [0.1, 0.15) is 0 Å². The van der Waals surface area contributed by atoms with Crippen molar-refractivity contribution in [3.63, 3.8) is 0 Å². The van der Waals surface area contributed by atoms with Crippen molar-refractivity contribution in [2.45, 2.75) is 64.7 Å². The molecule has 2 aliphatic rings. The predicted octanol–water partition coefficient (Wildman–Crippen LogP) is 4.29. The minimum atomic E-state index is 0.0709. The SMILES string of the molecule is CC1CCC(C#N)(CC2CCCC2)CC1. The van der Waals surface area contributed by atoms with E-state index < -0.39 is 0 Å². The lowest BCUT2D eigenvalue weighted by atomic mass is 9.67. The van der Waals surface area contributed by atoms with Crippen LogP contribution in [0.1, 0.15) is 64.7 Å². The second kappa shape index (κ2) is 4.56. The zero-order chi connectivity index (χ0) is 10.7. The fraction of sp³-hybridized carbons (Fsp3) is 0.929. The summed E-state index contributed by atoms with van der Waals surface area (Å²) in [5.74, 6) is 1.73. The first-order valence-corrected chi connectivity index (χ1v) is 6.65. The van der Waals surface area contributed by atoms with Gasteiger partial charge >= 0.3 is 0 Å². The van der Waals surface area contributed by atoms with Gasteiger partial charge in [-0.15, -0.1) is 0 Å². The van der Waals surface area contributed by atoms with Gasteiger partial charge in [-0.3, -0.25) is 0 Å². The Morgan fingerprint density at radius 3 is 2.27 bits per heavy atom. The van der Waals surface area contributed by atoms with Gasteiger partial charge in [0.15, 0.2) is 0 Å². The van der Waals surface area contributed by atoms with Crippen LogP contribution in [0, 0.1) is 28.6 Å². The zero-order valence-electron chi connectivity index (χ0n) is 9.97. The molecule has 0 aromatic rings. The van der Waals surface area contributed by atoms with Crippen molar-refractivity contribution in [3.8, 4) is 6.07 Å². The summed E-state index contributed by atoms with van der Waals surface area (Å²) in [6.45, 7) is 2.33. The van der Waals surface area contributed by atoms with Crippen molar-refractivity contribution in [2.24, 2.45) is 17.3 Å². The van der Waals surface area contributed by atoms with Crippen molar-refractivity contribution >= 4 is 0 Å². The molecule has 0 saturated heterocycles. The van der Waals surface area contributed by atoms with E-state index >= 15 is 0 Å². The van der Waals surface area contributed by atoms with Crippen molar-refractivity contribution < 1.29 is 0 Å². The van der Waals surface area contributed by atoms with E-state index in [1.54, 1.807) is 0 Å². The summed E-state index contributed by atoms with van der Waals surface area (Å²) in [5.41, 5.74) is 0.0709. The fourth-order valence-corrected chi connectivity index (χ4v) is 3.44. The van der Waals surface area contributed by atoms with Crippen molar-refractivity contribution in [3.05, 3.63) is 0 Å². The van der Waals surface area contributed by atoms with Crippen molar-refractivity contribution in [1.29, 1.82) is 5.26 Å². The first kappa shape index (κ1) is 11.0. The van der Waals surface area contributed by atoms with Gasteiger partial charge in [0.05, 0.1) is 11.5 Å². The Labute approximate surface area is 93.9 Å². The summed E-state index contributed by atoms with van der Waals surface area (Å²) in [7, 11) is 0. The third kappa shape index (κ3) is 2.54. The highest BCUT2D eigenvalue weighted by Gasteiger charge is 2.36. The second-order valence-corrected chi connectivity index (χ2v) is 5.93. The highest BCUT2D eigenvalue weighted by atomic mass is 14.4. The summed E-state index contributed by atoms with van der Waals surface area (Å²) in [4.78, 5) is 0. The van der Waals surface area contributed by atoms with Crippen LogP contribution in [-0.2, 0) is 0 Å². The third-order valence-corrected chi connectivity index (χ3v) is 4.62. The Bertz CT molecular complexity index is 237. The summed E-state index contributed by atoms with van der Waals surface area (Å²) in [6, 6.07) is 2.66. The molecule has 0 atom stereocenters. The maximum atomic E-state index is 9.44. The molecule has 0 heterocycles. The quantitative estimate of drug-likeness (QED) is 0.660. The highest BCUT2D eigenvalue weighted by Crippen LogP contribution is 2.45. The number of nitrogens with zero attached hydrogens (tertiary/aromatic N) is 1. The first-order valence-electron chi connectivity index (χ1n) is 6.65. The Hall–Kier alpha value is -0.510. The maximum Gasteiger partial charge on any atom is 0.0689 e. The smallest absolute Gasteiger partial charge is 0.0689 e. The maximum absolute atomic E-state index is 9.44. The molecular weight excluding hydrogens is 182 g/mol. The Kier molecular flexibility index (Phi) is 3.34. The van der Waals surface area contributed by atoms with E-state index in [2.05, 4.69) is 13.0 Å². The lowest BCUT2D eigenvalue weighted by Gasteiger charge is -2.35. The zero-order valence-corrected chi connectivity index (χ0v) is 9.97. The average molecular weight is 205 g/mol. The van der Waals surface area contributed by atoms with E-state index in [1.807, 2.05) is 0 Å². The third-order valence-electron chi connectivity index (χ3n) is 4.62. The molecule has 0 unspecified atom stereocenters. The molecule has 1 heteroatoms. The van der Waals surface area contributed by atoms with E-state index in [0.29, 0.717) is 0 Å². The molecule has 2 saturated carbocycles. The summed E-state index contributed by atoms with van der Waals surface area (Å²) >= 11 is 0. The Morgan fingerprint density at radius 1 is 1.13 bits per heavy atom. The van der Waals surface area contributed by atoms with E-state index in [9.17, 15) is 5.26 Å². The lowest BCUT2D eigenvalue weighted by Crippen LogP contribution is -2.27. The number of nitriles is 1. The van der Waals surface area contributed by atoms with Crippen LogP contribution < -0.4 is 0 Å². The van der Waals surface area contributed by atoms with Gasteiger partial charge < -0.3 is 0 Å². The van der Waals surface area contributed by atoms with Crippen LogP contribution in [0.5, 0.6) is 0 Å². The van der Waals surface area contributed by atoms with Crippen LogP contribution in [0.2, 0.25) is 0 Å². The molecular formula is C14H23N. The number of rotatable bonds is 2. The van der Waals surface area contributed by atoms with Crippen molar-refractivity contribution in [1.82, 2.24) is 0 Å². The van der Waals surface area contributed by atoms with Gasteiger partial charge in [0, 0.05) is 0 Å². The molecule has 0 bridgehead atoms. The highest BCUT2D eigenvalue weighted by molar-refractivity contribution is 5.02. The van der Waals surface area contributed by atoms with E-state index in [4.69, 9.17) is 0 Å². The van der Waals surface area contributed by atoms with E-state index in [1.165, 1.54) is 57.8 Å². The normalized spacial score (nSPS) is 37.7. The minimum absolute atomic E-state index is 0.0709. The van der Waals surface area contributed by atoms with Crippen LogP contribution in [-0.4, -0.2) is 0 Å². The predicted molar refractivity (Wildman–Crippen MR) is 62.3 cm³/mol. The van der Waals surface area contributed by atoms with E-state index in [0.717, 1.165) is 11.8 Å². The molecule has 0 aromatic carbocycles. The van der Waals surface area contributed by atoms with Crippen molar-refractivity contribution in [2.75, 3.05) is 0 Å². The Balaban J connectivity index is 1.93. The lowest BCUT2D eigenvalue weighted by molar-refractivity contribution is 0.178. The van der Waals surface area contributed by atoms with Gasteiger partial charge in [0.2, 0.25) is 0 Å². The van der Waals surface area contributed by atoms with Gasteiger partial charge in [-0.25, -0.2) is 0 Å². The minimum Gasteiger partial charge on any atom is -0.198 e. The molecule has 0 radical (unpaired) electrons.